The van der Waals surface area contributed by atoms with Crippen LogP contribution in [0.5, 0.6) is 0 Å². The summed E-state index contributed by atoms with van der Waals surface area (Å²) in [4.78, 5) is 4.32. The van der Waals surface area contributed by atoms with E-state index in [1.54, 1.807) is 0 Å². The molecule has 0 spiro atoms. The molecule has 1 aromatic carbocycles. The first kappa shape index (κ1) is 12.8. The first-order chi connectivity index (χ1) is 8.75. The molecule has 0 bridgehead atoms. The maximum Gasteiger partial charge on any atom is 0.0416 e. The Morgan fingerprint density at radius 2 is 2.06 bits per heavy atom. The van der Waals surface area contributed by atoms with Crippen LogP contribution >= 0.6 is 0 Å². The minimum atomic E-state index is 0.383. The van der Waals surface area contributed by atoms with E-state index in [0.717, 1.165) is 18.7 Å². The fraction of sp³-hybridized carbons (Fsp3) is 0.312. The van der Waals surface area contributed by atoms with E-state index < -0.39 is 0 Å². The van der Waals surface area contributed by atoms with E-state index in [-0.39, 0.29) is 0 Å². The van der Waals surface area contributed by atoms with Crippen molar-refractivity contribution in [1.29, 1.82) is 0 Å². The predicted molar refractivity (Wildman–Crippen MR) is 75.5 cm³/mol. The maximum atomic E-state index is 4.32. The highest BCUT2D eigenvalue weighted by Gasteiger charge is 2.04. The van der Waals surface area contributed by atoms with Crippen molar-refractivity contribution in [2.24, 2.45) is 0 Å². The van der Waals surface area contributed by atoms with Gasteiger partial charge in [-0.05, 0) is 31.5 Å². The molecule has 1 N–H and O–H groups in total. The largest absolute Gasteiger partial charge is 0.310 e. The zero-order valence-corrected chi connectivity index (χ0v) is 11.1. The number of pyridine rings is 1. The number of aromatic nitrogens is 1. The smallest absolute Gasteiger partial charge is 0.0416 e. The molecule has 0 aliphatic heterocycles. The molecule has 1 aromatic heterocycles. The second kappa shape index (κ2) is 6.31. The Morgan fingerprint density at radius 1 is 1.17 bits per heavy atom. The van der Waals surface area contributed by atoms with Gasteiger partial charge in [0.25, 0.3) is 0 Å². The normalized spacial score (nSPS) is 12.3. The first-order valence-electron chi connectivity index (χ1n) is 6.45. The Kier molecular flexibility index (Phi) is 4.48. The molecule has 0 saturated carbocycles. The van der Waals surface area contributed by atoms with Gasteiger partial charge in [-0.3, -0.25) is 4.98 Å². The molecule has 2 aromatic rings. The third-order valence-electron chi connectivity index (χ3n) is 3.10. The number of nitrogens with zero attached hydrogens (tertiary/aromatic N) is 1. The fourth-order valence-electron chi connectivity index (χ4n) is 2.02. The van der Waals surface area contributed by atoms with Crippen molar-refractivity contribution in [1.82, 2.24) is 10.3 Å². The molecule has 0 fully saturated rings. The van der Waals surface area contributed by atoms with Crippen molar-refractivity contribution in [3.63, 3.8) is 0 Å². The van der Waals surface area contributed by atoms with Gasteiger partial charge in [0, 0.05) is 30.9 Å². The molecule has 2 heteroatoms. The summed E-state index contributed by atoms with van der Waals surface area (Å²) in [5.41, 5.74) is 3.79. The van der Waals surface area contributed by atoms with Crippen LogP contribution in [0.3, 0.4) is 0 Å². The van der Waals surface area contributed by atoms with E-state index in [2.05, 4.69) is 54.5 Å². The van der Waals surface area contributed by atoms with Gasteiger partial charge in [-0.1, -0.05) is 35.9 Å². The van der Waals surface area contributed by atoms with Gasteiger partial charge in [0.05, 0.1) is 0 Å². The van der Waals surface area contributed by atoms with E-state index in [1.165, 1.54) is 11.1 Å². The van der Waals surface area contributed by atoms with Crippen LogP contribution in [0.2, 0.25) is 0 Å². The lowest BCUT2D eigenvalue weighted by Crippen LogP contribution is -2.21. The molecular formula is C16H20N2. The van der Waals surface area contributed by atoms with Gasteiger partial charge in [0.2, 0.25) is 0 Å². The summed E-state index contributed by atoms with van der Waals surface area (Å²) in [6.45, 7) is 5.28. The van der Waals surface area contributed by atoms with Crippen LogP contribution in [-0.4, -0.2) is 11.5 Å². The monoisotopic (exact) mass is 240 g/mol. The van der Waals surface area contributed by atoms with Gasteiger partial charge in [0.1, 0.15) is 0 Å². The molecule has 0 aliphatic rings. The molecule has 0 unspecified atom stereocenters. The van der Waals surface area contributed by atoms with Crippen molar-refractivity contribution in [3.05, 3.63) is 65.5 Å². The lowest BCUT2D eigenvalue weighted by atomic mass is 10.1. The Balaban J connectivity index is 1.83. The molecular weight excluding hydrogens is 220 g/mol. The molecule has 0 saturated heterocycles. The van der Waals surface area contributed by atoms with Crippen LogP contribution in [0.25, 0.3) is 0 Å². The number of nitrogens with one attached hydrogen (secondary N) is 1. The molecule has 0 amide bonds. The van der Waals surface area contributed by atoms with Gasteiger partial charge in [-0.15, -0.1) is 0 Å². The van der Waals surface area contributed by atoms with Gasteiger partial charge in [-0.2, -0.15) is 0 Å². The number of rotatable bonds is 5. The van der Waals surface area contributed by atoms with Gasteiger partial charge < -0.3 is 5.32 Å². The molecule has 2 nitrogen and oxygen atoms in total. The Bertz CT molecular complexity index is 479. The second-order valence-corrected chi connectivity index (χ2v) is 4.66. The zero-order chi connectivity index (χ0) is 12.8. The van der Waals surface area contributed by atoms with Gasteiger partial charge in [0.15, 0.2) is 0 Å². The van der Waals surface area contributed by atoms with Crippen molar-refractivity contribution >= 4 is 0 Å². The maximum absolute atomic E-state index is 4.32. The summed E-state index contributed by atoms with van der Waals surface area (Å²) in [5.74, 6) is 0. The highest BCUT2D eigenvalue weighted by molar-refractivity contribution is 5.24. The minimum Gasteiger partial charge on any atom is -0.310 e. The summed E-state index contributed by atoms with van der Waals surface area (Å²) in [6, 6.07) is 15.1. The number of benzene rings is 1. The molecule has 1 heterocycles. The number of aryl methyl sites for hydroxylation is 1. The molecule has 18 heavy (non-hydrogen) atoms. The molecule has 0 radical (unpaired) electrons. The SMILES string of the molecule is Cc1cccc([C@H](C)NCCc2ccccn2)c1. The number of hydrogen-bond acceptors (Lipinski definition) is 2. The average molecular weight is 240 g/mol. The molecule has 94 valence electrons. The molecule has 2 rings (SSSR count). The minimum absolute atomic E-state index is 0.383. The van der Waals surface area contributed by atoms with E-state index in [1.807, 2.05) is 18.3 Å². The lowest BCUT2D eigenvalue weighted by molar-refractivity contribution is 0.573. The van der Waals surface area contributed by atoms with E-state index in [9.17, 15) is 0 Å². The standard InChI is InChI=1S/C16H20N2/c1-13-6-5-7-15(12-13)14(2)17-11-9-16-8-3-4-10-18-16/h3-8,10,12,14,17H,9,11H2,1-2H3/t14-/m0/s1. The summed E-state index contributed by atoms with van der Waals surface area (Å²) >= 11 is 0. The zero-order valence-electron chi connectivity index (χ0n) is 11.1. The van der Waals surface area contributed by atoms with Crippen molar-refractivity contribution in [2.45, 2.75) is 26.3 Å². The van der Waals surface area contributed by atoms with Crippen LogP contribution in [-0.2, 0) is 6.42 Å². The van der Waals surface area contributed by atoms with E-state index in [4.69, 9.17) is 0 Å². The highest BCUT2D eigenvalue weighted by atomic mass is 14.9. The summed E-state index contributed by atoms with van der Waals surface area (Å²) in [5, 5.41) is 3.53. The predicted octanol–water partition coefficient (Wildman–Crippen LogP) is 3.28. The number of hydrogen-bond donors (Lipinski definition) is 1. The van der Waals surface area contributed by atoms with Crippen LogP contribution in [0.4, 0.5) is 0 Å². The van der Waals surface area contributed by atoms with Crippen molar-refractivity contribution in [3.8, 4) is 0 Å². The quantitative estimate of drug-likeness (QED) is 0.867. The molecule has 1 atom stereocenters. The first-order valence-corrected chi connectivity index (χ1v) is 6.45. The highest BCUT2D eigenvalue weighted by Crippen LogP contribution is 2.13. The molecule has 0 aliphatic carbocycles. The van der Waals surface area contributed by atoms with Crippen LogP contribution < -0.4 is 5.32 Å². The van der Waals surface area contributed by atoms with E-state index in [0.29, 0.717) is 6.04 Å². The third kappa shape index (κ3) is 3.67. The summed E-state index contributed by atoms with van der Waals surface area (Å²) < 4.78 is 0. The van der Waals surface area contributed by atoms with Gasteiger partial charge in [-0.25, -0.2) is 0 Å². The third-order valence-corrected chi connectivity index (χ3v) is 3.10. The van der Waals surface area contributed by atoms with Crippen LogP contribution in [0, 0.1) is 6.92 Å². The summed E-state index contributed by atoms with van der Waals surface area (Å²) in [7, 11) is 0. The van der Waals surface area contributed by atoms with Crippen molar-refractivity contribution < 1.29 is 0 Å². The Morgan fingerprint density at radius 3 is 2.78 bits per heavy atom. The fourth-order valence-corrected chi connectivity index (χ4v) is 2.02. The second-order valence-electron chi connectivity index (χ2n) is 4.66. The average Bonchev–Trinajstić information content (AvgIpc) is 2.40. The Labute approximate surface area is 109 Å². The van der Waals surface area contributed by atoms with Gasteiger partial charge >= 0.3 is 0 Å². The topological polar surface area (TPSA) is 24.9 Å². The van der Waals surface area contributed by atoms with Crippen molar-refractivity contribution in [2.75, 3.05) is 6.54 Å². The Hall–Kier alpha value is -1.67. The summed E-state index contributed by atoms with van der Waals surface area (Å²) in [6.07, 6.45) is 2.82. The van der Waals surface area contributed by atoms with Crippen LogP contribution in [0.1, 0.15) is 29.8 Å². The van der Waals surface area contributed by atoms with E-state index >= 15 is 0 Å². The lowest BCUT2D eigenvalue weighted by Gasteiger charge is -2.14. The van der Waals surface area contributed by atoms with Crippen LogP contribution in [0.15, 0.2) is 48.7 Å².